The van der Waals surface area contributed by atoms with Crippen molar-refractivity contribution in [3.05, 3.63) is 24.3 Å². The van der Waals surface area contributed by atoms with Crippen LogP contribution in [0, 0.1) is 0 Å². The second-order valence-electron chi connectivity index (χ2n) is 16.6. The van der Waals surface area contributed by atoms with Crippen LogP contribution in [0.25, 0.3) is 0 Å². The Balaban J connectivity index is 0.000000222. The highest BCUT2D eigenvalue weighted by atomic mass is 16.7. The third-order valence-corrected chi connectivity index (χ3v) is 8.95. The van der Waals surface area contributed by atoms with Gasteiger partial charge in [-0.2, -0.15) is 0 Å². The van der Waals surface area contributed by atoms with Crippen molar-refractivity contribution in [3.8, 4) is 11.5 Å². The molecule has 0 saturated carbocycles. The predicted molar refractivity (Wildman–Crippen MR) is 217 cm³/mol. The zero-order valence-corrected chi connectivity index (χ0v) is 35.8. The second-order valence-corrected chi connectivity index (χ2v) is 16.6. The maximum Gasteiger partial charge on any atom is 0.591 e. The molecule has 0 amide bonds. The molecule has 5 saturated heterocycles. The monoisotopic (exact) mass is 747 g/mol. The molecule has 6 aliphatic heterocycles. The summed E-state index contributed by atoms with van der Waals surface area (Å²) in [6.07, 6.45) is 2.99. The van der Waals surface area contributed by atoms with E-state index < -0.39 is 0 Å². The van der Waals surface area contributed by atoms with Gasteiger partial charge >= 0.3 is 42.7 Å². The fourth-order valence-corrected chi connectivity index (χ4v) is 6.29. The smallest absolute Gasteiger partial charge is 0.523 e. The van der Waals surface area contributed by atoms with E-state index >= 15 is 0 Å². The minimum absolute atomic E-state index is 0.0197. The van der Waals surface area contributed by atoms with E-state index in [1.54, 1.807) is 0 Å². The van der Waals surface area contributed by atoms with Gasteiger partial charge < -0.3 is 55.9 Å². The Kier molecular flexibility index (Phi) is 19.3. The van der Waals surface area contributed by atoms with Crippen molar-refractivity contribution in [3.63, 3.8) is 0 Å². The van der Waals surface area contributed by atoms with Gasteiger partial charge in [-0.05, 0) is 135 Å². The number of hydrogen-bond donors (Lipinski definition) is 0. The molecule has 0 radical (unpaired) electrons. The van der Waals surface area contributed by atoms with E-state index in [1.165, 1.54) is 0 Å². The van der Waals surface area contributed by atoms with Gasteiger partial charge in [0.1, 0.15) is 11.5 Å². The van der Waals surface area contributed by atoms with Gasteiger partial charge in [0.2, 0.25) is 0 Å². The van der Waals surface area contributed by atoms with Gasteiger partial charge in [-0.25, -0.2) is 0 Å². The van der Waals surface area contributed by atoms with Crippen LogP contribution in [-0.2, 0) is 46.5 Å². The quantitative estimate of drug-likeness (QED) is 0.247. The summed E-state index contributed by atoms with van der Waals surface area (Å²) in [7, 11) is -0.205. The van der Waals surface area contributed by atoms with Gasteiger partial charge in [-0.1, -0.05) is 12.1 Å². The van der Waals surface area contributed by atoms with Crippen LogP contribution in [0.4, 0.5) is 0 Å². The molecule has 0 bridgehead atoms. The van der Waals surface area contributed by atoms with Crippen LogP contribution in [0.15, 0.2) is 24.3 Å². The van der Waals surface area contributed by atoms with Crippen molar-refractivity contribution in [2.24, 2.45) is 0 Å². The lowest BCUT2D eigenvalue weighted by molar-refractivity contribution is -0.0744. The van der Waals surface area contributed by atoms with E-state index in [0.29, 0.717) is 0 Å². The van der Waals surface area contributed by atoms with Crippen LogP contribution < -0.4 is 9.31 Å². The van der Waals surface area contributed by atoms with Crippen molar-refractivity contribution in [1.82, 2.24) is 0 Å². The van der Waals surface area contributed by atoms with Crippen molar-refractivity contribution >= 4 is 42.7 Å². The van der Waals surface area contributed by atoms with Crippen molar-refractivity contribution in [2.45, 2.75) is 157 Å². The zero-order valence-electron chi connectivity index (χ0n) is 35.8. The van der Waals surface area contributed by atoms with Crippen LogP contribution in [0.2, 0.25) is 40.9 Å². The largest absolute Gasteiger partial charge is 0.591 e. The molecule has 298 valence electrons. The molecule has 1 aromatic carbocycles. The van der Waals surface area contributed by atoms with E-state index in [2.05, 4.69) is 69.2 Å². The van der Waals surface area contributed by atoms with E-state index in [9.17, 15) is 0 Å². The molecule has 18 heteroatoms. The average molecular weight is 746 g/mol. The number of hydrogen-bond acceptors (Lipinski definition) is 12. The first-order valence-corrected chi connectivity index (χ1v) is 19.3. The highest BCUT2D eigenvalue weighted by Gasteiger charge is 2.48. The summed E-state index contributed by atoms with van der Waals surface area (Å²) in [6.45, 7) is 36.4. The van der Waals surface area contributed by atoms with Gasteiger partial charge in [-0.15, -0.1) is 0 Å². The SMILES string of the molecule is CB1OC(C)(C)C(C)(C)O1.CB1OC(C)(C)CC(C)(C)O1.CB1OCCC(C)(C)O1.CB1OCCCO1.CB1OCCO1.CB1Oc2ccccc2O1. The Morgan fingerprint density at radius 1 is 0.415 bits per heavy atom. The molecular weight excluding hydrogens is 677 g/mol. The van der Waals surface area contributed by atoms with E-state index in [-0.39, 0.29) is 70.7 Å². The first kappa shape index (κ1) is 48.0. The molecule has 0 spiro atoms. The average Bonchev–Trinajstić information content (AvgIpc) is 3.67. The Bertz CT molecular complexity index is 1120. The van der Waals surface area contributed by atoms with Gasteiger partial charge in [0.15, 0.2) is 0 Å². The molecule has 0 aromatic heterocycles. The summed E-state index contributed by atoms with van der Waals surface area (Å²) in [5.74, 6) is 1.69. The Morgan fingerprint density at radius 2 is 0.792 bits per heavy atom. The Labute approximate surface area is 324 Å². The maximum absolute atomic E-state index is 5.59. The van der Waals surface area contributed by atoms with Gasteiger partial charge in [-0.3, -0.25) is 0 Å². The lowest BCUT2D eigenvalue weighted by Crippen LogP contribution is -2.50. The van der Waals surface area contributed by atoms with E-state index in [0.717, 1.165) is 63.8 Å². The molecule has 5 fully saturated rings. The van der Waals surface area contributed by atoms with Gasteiger partial charge in [0, 0.05) is 26.2 Å². The summed E-state index contributed by atoms with van der Waals surface area (Å²) in [5, 5.41) is 0. The molecule has 0 N–H and O–H groups in total. The summed E-state index contributed by atoms with van der Waals surface area (Å²) in [4.78, 5) is 0. The lowest BCUT2D eigenvalue weighted by atomic mass is 9.81. The second kappa shape index (κ2) is 21.4. The van der Waals surface area contributed by atoms with E-state index in [1.807, 2.05) is 65.2 Å². The molecule has 0 unspecified atom stereocenters. The molecular formula is C35H68B6O12. The minimum atomic E-state index is -0.160. The first-order chi connectivity index (χ1) is 24.4. The zero-order chi connectivity index (χ0) is 40.1. The van der Waals surface area contributed by atoms with Crippen LogP contribution >= 0.6 is 0 Å². The van der Waals surface area contributed by atoms with Crippen LogP contribution in [0.1, 0.15) is 88.5 Å². The number of fused-ring (bicyclic) bond motifs is 1. The van der Waals surface area contributed by atoms with Crippen molar-refractivity contribution in [2.75, 3.05) is 33.0 Å². The van der Waals surface area contributed by atoms with Crippen molar-refractivity contribution in [1.29, 1.82) is 0 Å². The highest BCUT2D eigenvalue weighted by molar-refractivity contribution is 6.46. The molecule has 7 rings (SSSR count). The van der Waals surface area contributed by atoms with Crippen molar-refractivity contribution < 1.29 is 55.9 Å². The normalized spacial score (nSPS) is 24.1. The topological polar surface area (TPSA) is 111 Å². The Hall–Kier alpha value is -1.19. The highest BCUT2D eigenvalue weighted by Crippen LogP contribution is 2.36. The van der Waals surface area contributed by atoms with Crippen LogP contribution in [-0.4, -0.2) is 104 Å². The Morgan fingerprint density at radius 3 is 1.06 bits per heavy atom. The number of benzene rings is 1. The number of rotatable bonds is 0. The number of para-hydroxylation sites is 2. The fraction of sp³-hybridized carbons (Fsp3) is 0.829. The lowest BCUT2D eigenvalue weighted by Gasteiger charge is -2.43. The third kappa shape index (κ3) is 19.0. The van der Waals surface area contributed by atoms with Gasteiger partial charge in [0.25, 0.3) is 0 Å². The minimum Gasteiger partial charge on any atom is -0.523 e. The first-order valence-electron chi connectivity index (χ1n) is 19.3. The molecule has 6 aliphatic rings. The summed E-state index contributed by atoms with van der Waals surface area (Å²) >= 11 is 0. The summed E-state index contributed by atoms with van der Waals surface area (Å²) < 4.78 is 63.4. The van der Waals surface area contributed by atoms with Crippen LogP contribution in [0.3, 0.4) is 0 Å². The summed E-state index contributed by atoms with van der Waals surface area (Å²) in [5.41, 5.74) is -0.376. The molecule has 6 heterocycles. The fourth-order valence-electron chi connectivity index (χ4n) is 6.29. The van der Waals surface area contributed by atoms with Crippen LogP contribution in [0.5, 0.6) is 11.5 Å². The predicted octanol–water partition coefficient (Wildman–Crippen LogP) is 7.40. The molecule has 12 nitrogen and oxygen atoms in total. The molecule has 1 aromatic rings. The molecule has 0 atom stereocenters. The van der Waals surface area contributed by atoms with E-state index in [4.69, 9.17) is 55.9 Å². The molecule has 53 heavy (non-hydrogen) atoms. The maximum atomic E-state index is 5.59. The third-order valence-electron chi connectivity index (χ3n) is 8.95. The standard InChI is InChI=1S/C8H17BO2.C7H7BO2.C7H15BO2.C6H13BO2.C4H9BO2.C3H7BO2/c1-7(2)6-8(3,4)11-9(5)10-7;1-8-9-6-4-2-3-5-7(6)10-8;1-6(2)7(3,4)10-8(5)9-6;1-6(2)4-5-8-7(3)9-6;1-5-6-3-2-4-7-5;1-4-5-2-3-6-4/h6H2,1-5H3;2-5H,1H3;1-5H3;4-5H2,1-3H3;2-4H2,1H3;2-3H2,1H3. The molecule has 0 aliphatic carbocycles. The summed E-state index contributed by atoms with van der Waals surface area (Å²) in [6, 6.07) is 7.66. The van der Waals surface area contributed by atoms with Gasteiger partial charge in [0.05, 0.1) is 41.2 Å².